The van der Waals surface area contributed by atoms with Crippen LogP contribution in [0, 0.1) is 16.7 Å². The molecule has 0 spiro atoms. The Kier molecular flexibility index (Phi) is 11.4. The highest BCUT2D eigenvalue weighted by atomic mass is 32.1. The molecule has 6 rings (SSSR count). The van der Waals surface area contributed by atoms with E-state index in [1.807, 2.05) is 0 Å². The Morgan fingerprint density at radius 3 is 2.18 bits per heavy atom. The molecule has 3 aliphatic carbocycles. The Labute approximate surface area is 331 Å². The van der Waals surface area contributed by atoms with E-state index in [9.17, 15) is 39.3 Å². The van der Waals surface area contributed by atoms with Crippen molar-refractivity contribution in [3.8, 4) is 0 Å². The summed E-state index contributed by atoms with van der Waals surface area (Å²) in [6.45, 7) is 8.75. The molecule has 3 fully saturated rings. The number of ketones is 1. The lowest BCUT2D eigenvalue weighted by atomic mass is 9.44. The molecular formula is C42H50O13S. The Morgan fingerprint density at radius 2 is 1.61 bits per heavy atom. The van der Waals surface area contributed by atoms with E-state index in [0.717, 1.165) is 0 Å². The molecule has 0 aromatic heterocycles. The largest absolute Gasteiger partial charge is 0.455 e. The SMILES string of the molecule is CC(=O)O[C@@]12CO[C@@H]1C[C@H](O)[C@@]1(C)C(=O)[C@H](O)C3=C(C)[C@@H](OC(=O)[C@H](OC(=O)CCS)[C@@H](C)c4ccccc4)C[C@@](O)([C@@H](OC(=O)c4ccccc4)[C@H]21)C3(C)C. The second-order valence-corrected chi connectivity index (χ2v) is 16.6. The van der Waals surface area contributed by atoms with E-state index in [-0.39, 0.29) is 41.9 Å². The molecule has 13 nitrogen and oxygen atoms in total. The van der Waals surface area contributed by atoms with Gasteiger partial charge >= 0.3 is 23.9 Å². The topological polar surface area (TPSA) is 192 Å². The van der Waals surface area contributed by atoms with E-state index in [1.165, 1.54) is 26.0 Å². The molecule has 2 aromatic carbocycles. The number of carbonyl (C=O) groups is 5. The van der Waals surface area contributed by atoms with Crippen LogP contribution in [0.15, 0.2) is 71.8 Å². The number of rotatable bonds is 10. The summed E-state index contributed by atoms with van der Waals surface area (Å²) in [5.41, 5.74) is -6.54. The molecule has 2 aromatic rings. The van der Waals surface area contributed by atoms with Crippen molar-refractivity contribution in [2.45, 2.75) is 115 Å². The third-order valence-corrected chi connectivity index (χ3v) is 13.0. The predicted molar refractivity (Wildman–Crippen MR) is 202 cm³/mol. The van der Waals surface area contributed by atoms with Gasteiger partial charge in [-0.3, -0.25) is 14.4 Å². The number of hydrogen-bond acceptors (Lipinski definition) is 14. The number of aliphatic hydroxyl groups is 3. The average molecular weight is 795 g/mol. The fourth-order valence-corrected chi connectivity index (χ4v) is 9.74. The first kappa shape index (κ1) is 41.6. The van der Waals surface area contributed by atoms with Crippen LogP contribution >= 0.6 is 12.6 Å². The first-order valence-electron chi connectivity index (χ1n) is 18.8. The Bertz CT molecular complexity index is 1900. The molecule has 3 N–H and O–H groups in total. The quantitative estimate of drug-likeness (QED) is 0.118. The van der Waals surface area contributed by atoms with Crippen LogP contribution < -0.4 is 0 Å². The molecule has 14 heteroatoms. The van der Waals surface area contributed by atoms with Crippen molar-refractivity contribution >= 4 is 42.3 Å². The molecule has 0 amide bonds. The van der Waals surface area contributed by atoms with E-state index in [4.69, 9.17) is 23.7 Å². The first-order valence-corrected chi connectivity index (χ1v) is 19.4. The third-order valence-electron chi connectivity index (χ3n) is 12.8. The molecule has 0 unspecified atom stereocenters. The van der Waals surface area contributed by atoms with Gasteiger partial charge in [0.2, 0.25) is 6.10 Å². The maximum Gasteiger partial charge on any atom is 0.348 e. The van der Waals surface area contributed by atoms with Gasteiger partial charge in [-0.25, -0.2) is 9.59 Å². The lowest BCUT2D eigenvalue weighted by Crippen LogP contribution is -2.81. The molecule has 56 heavy (non-hydrogen) atoms. The normalized spacial score (nSPS) is 34.2. The summed E-state index contributed by atoms with van der Waals surface area (Å²) in [6.07, 6.45) is -9.69. The van der Waals surface area contributed by atoms with Crippen molar-refractivity contribution in [1.29, 1.82) is 0 Å². The summed E-state index contributed by atoms with van der Waals surface area (Å²) in [5.74, 6) is -6.16. The number of Topliss-reactive ketones (excluding diaryl/α,β-unsaturated/α-hetero) is 1. The zero-order valence-electron chi connectivity index (χ0n) is 32.3. The summed E-state index contributed by atoms with van der Waals surface area (Å²) in [5, 5.41) is 37.5. The number of thiol groups is 1. The average Bonchev–Trinajstić information content (AvgIpc) is 3.15. The standard InChI is InChI=1S/C42H50O13S/c1-22(25-13-9-7-10-14-25)33(53-30(45)17-18-56)38(49)52-27-20-42(50)36(54-37(48)26-15-11-8-12-16-26)34-40(6,35(47)32(46)31(23(27)2)39(42,4)5)28(44)19-29-41(34,21-51-29)55-24(3)43/h7-16,22,27-29,32-34,36,44,46,50,56H,17-21H2,1-6H3/t22-,27-,28-,29+,32+,33+,34-,36-,40+,41-,42+/m0/s1. The fraction of sp³-hybridized carbons (Fsp3) is 0.548. The molecule has 2 bridgehead atoms. The number of aliphatic hydroxyl groups excluding tert-OH is 2. The Balaban J connectivity index is 1.53. The minimum absolute atomic E-state index is 0.00469. The summed E-state index contributed by atoms with van der Waals surface area (Å²) in [7, 11) is 0. The lowest BCUT2D eigenvalue weighted by Gasteiger charge is -2.67. The summed E-state index contributed by atoms with van der Waals surface area (Å²) >= 11 is 4.12. The Hall–Kier alpha value is -4.08. The monoisotopic (exact) mass is 794 g/mol. The molecule has 302 valence electrons. The number of carbonyl (C=O) groups excluding carboxylic acids is 5. The van der Waals surface area contributed by atoms with Crippen LogP contribution in [0.3, 0.4) is 0 Å². The first-order chi connectivity index (χ1) is 26.3. The molecule has 1 aliphatic heterocycles. The van der Waals surface area contributed by atoms with E-state index in [1.54, 1.807) is 76.2 Å². The summed E-state index contributed by atoms with van der Waals surface area (Å²) in [4.78, 5) is 69.0. The molecule has 11 atom stereocenters. The van der Waals surface area contributed by atoms with Gasteiger partial charge in [0, 0.05) is 36.9 Å². The number of fused-ring (bicyclic) bond motifs is 5. The van der Waals surface area contributed by atoms with E-state index >= 15 is 0 Å². The maximum absolute atomic E-state index is 15.0. The van der Waals surface area contributed by atoms with Gasteiger partial charge in [-0.15, -0.1) is 0 Å². The highest BCUT2D eigenvalue weighted by molar-refractivity contribution is 7.80. The zero-order valence-corrected chi connectivity index (χ0v) is 33.2. The van der Waals surface area contributed by atoms with Gasteiger partial charge in [-0.2, -0.15) is 12.6 Å². The molecular weight excluding hydrogens is 745 g/mol. The van der Waals surface area contributed by atoms with Crippen LogP contribution in [0.25, 0.3) is 0 Å². The van der Waals surface area contributed by atoms with Gasteiger partial charge in [-0.1, -0.05) is 69.3 Å². The second-order valence-electron chi connectivity index (χ2n) is 16.2. The van der Waals surface area contributed by atoms with Gasteiger partial charge in [0.15, 0.2) is 11.4 Å². The van der Waals surface area contributed by atoms with Crippen LogP contribution in [-0.4, -0.2) is 105 Å². The summed E-state index contributed by atoms with van der Waals surface area (Å²) in [6, 6.07) is 16.8. The van der Waals surface area contributed by atoms with Crippen LogP contribution in [0.1, 0.15) is 82.6 Å². The molecule has 4 aliphatic rings. The van der Waals surface area contributed by atoms with Gasteiger partial charge in [-0.05, 0) is 42.7 Å². The van der Waals surface area contributed by atoms with E-state index in [0.29, 0.717) is 5.56 Å². The number of benzene rings is 2. The van der Waals surface area contributed by atoms with Gasteiger partial charge in [0.05, 0.1) is 36.0 Å². The van der Waals surface area contributed by atoms with Crippen LogP contribution in [0.4, 0.5) is 0 Å². The van der Waals surface area contributed by atoms with Crippen molar-refractivity contribution in [2.24, 2.45) is 16.7 Å². The minimum atomic E-state index is -2.29. The van der Waals surface area contributed by atoms with Gasteiger partial charge < -0.3 is 39.0 Å². The molecule has 0 radical (unpaired) electrons. The predicted octanol–water partition coefficient (Wildman–Crippen LogP) is 3.67. The minimum Gasteiger partial charge on any atom is -0.455 e. The molecule has 2 saturated carbocycles. The zero-order chi connectivity index (χ0) is 41.0. The highest BCUT2D eigenvalue weighted by Gasteiger charge is 2.78. The fourth-order valence-electron chi connectivity index (χ4n) is 9.56. The van der Waals surface area contributed by atoms with Crippen molar-refractivity contribution in [2.75, 3.05) is 12.4 Å². The Morgan fingerprint density at radius 1 is 0.982 bits per heavy atom. The van der Waals surface area contributed by atoms with E-state index in [2.05, 4.69) is 12.6 Å². The smallest absolute Gasteiger partial charge is 0.348 e. The van der Waals surface area contributed by atoms with Crippen molar-refractivity contribution in [3.05, 3.63) is 82.9 Å². The van der Waals surface area contributed by atoms with Crippen LogP contribution in [-0.2, 0) is 42.9 Å². The van der Waals surface area contributed by atoms with Crippen LogP contribution in [0.5, 0.6) is 0 Å². The van der Waals surface area contributed by atoms with Crippen molar-refractivity contribution in [3.63, 3.8) is 0 Å². The summed E-state index contributed by atoms with van der Waals surface area (Å²) < 4.78 is 30.0. The lowest BCUT2D eigenvalue weighted by molar-refractivity contribution is -0.346. The maximum atomic E-state index is 15.0. The second kappa shape index (κ2) is 15.4. The highest BCUT2D eigenvalue weighted by Crippen LogP contribution is 2.64. The van der Waals surface area contributed by atoms with Crippen LogP contribution in [0.2, 0.25) is 0 Å². The van der Waals surface area contributed by atoms with Crippen molar-refractivity contribution in [1.82, 2.24) is 0 Å². The van der Waals surface area contributed by atoms with Gasteiger partial charge in [0.1, 0.15) is 30.0 Å². The molecule has 1 saturated heterocycles. The van der Waals surface area contributed by atoms with Crippen molar-refractivity contribution < 1.29 is 63.0 Å². The van der Waals surface area contributed by atoms with E-state index < -0.39 is 107 Å². The number of hydrogen-bond donors (Lipinski definition) is 4. The van der Waals surface area contributed by atoms with Gasteiger partial charge in [0.25, 0.3) is 0 Å². The molecule has 1 heterocycles. The number of ether oxygens (including phenoxy) is 5. The third kappa shape index (κ3) is 6.66. The number of esters is 4.